The van der Waals surface area contributed by atoms with Crippen LogP contribution in [0.2, 0.25) is 10.6 Å². The Labute approximate surface area is 85.1 Å². The maximum absolute atomic E-state index is 5.52. The lowest BCUT2D eigenvalue weighted by atomic mass is 10.7. The molecule has 12 heavy (non-hydrogen) atoms. The van der Waals surface area contributed by atoms with Gasteiger partial charge in [-0.2, -0.15) is 27.6 Å². The van der Waals surface area contributed by atoms with Crippen LogP contribution in [0.4, 0.5) is 5.95 Å². The van der Waals surface area contributed by atoms with E-state index in [2.05, 4.69) is 32.9 Å². The summed E-state index contributed by atoms with van der Waals surface area (Å²) in [4.78, 5) is 11.2. The molecule has 0 aliphatic carbocycles. The predicted octanol–water partition coefficient (Wildman–Crippen LogP) is 1.52. The quantitative estimate of drug-likeness (QED) is 0.765. The first kappa shape index (κ1) is 9.83. The van der Waals surface area contributed by atoms with Crippen LogP contribution in [0.5, 0.6) is 0 Å². The molecule has 1 aromatic rings. The lowest BCUT2D eigenvalue weighted by Gasteiger charge is -2.01. The van der Waals surface area contributed by atoms with E-state index >= 15 is 0 Å². The number of nitrogens with one attached hydrogen (secondary N) is 1. The first-order chi connectivity index (χ1) is 5.72. The average molecular weight is 225 g/mol. The van der Waals surface area contributed by atoms with Gasteiger partial charge in [0.15, 0.2) is 0 Å². The zero-order chi connectivity index (χ0) is 8.97. The van der Waals surface area contributed by atoms with Gasteiger partial charge >= 0.3 is 0 Å². The third-order valence-electron chi connectivity index (χ3n) is 0.976. The van der Waals surface area contributed by atoms with Crippen LogP contribution in [0, 0.1) is 0 Å². The Morgan fingerprint density at radius 2 is 1.75 bits per heavy atom. The summed E-state index contributed by atoms with van der Waals surface area (Å²) < 4.78 is 0. The highest BCUT2D eigenvalue weighted by Gasteiger charge is 2.00. The molecule has 0 saturated heterocycles. The normalized spacial score (nSPS) is 9.92. The van der Waals surface area contributed by atoms with Gasteiger partial charge in [0.2, 0.25) is 16.5 Å². The molecule has 0 aromatic carbocycles. The van der Waals surface area contributed by atoms with Crippen molar-refractivity contribution in [3.05, 3.63) is 10.6 Å². The number of thiol groups is 1. The van der Waals surface area contributed by atoms with Gasteiger partial charge in [-0.05, 0) is 23.2 Å². The summed E-state index contributed by atoms with van der Waals surface area (Å²) in [5.41, 5.74) is 0. The van der Waals surface area contributed by atoms with Crippen molar-refractivity contribution in [2.45, 2.75) is 0 Å². The fourth-order valence-electron chi connectivity index (χ4n) is 0.573. The fraction of sp³-hybridized carbons (Fsp3) is 0.400. The smallest absolute Gasteiger partial charge is 0.228 e. The molecular weight excluding hydrogens is 219 g/mol. The molecule has 1 aromatic heterocycles. The molecule has 0 fully saturated rings. The van der Waals surface area contributed by atoms with E-state index in [9.17, 15) is 0 Å². The average Bonchev–Trinajstić information content (AvgIpc) is 1.99. The molecule has 0 saturated carbocycles. The van der Waals surface area contributed by atoms with Gasteiger partial charge in [0.1, 0.15) is 0 Å². The summed E-state index contributed by atoms with van der Waals surface area (Å²) >= 11 is 15.0. The van der Waals surface area contributed by atoms with Crippen molar-refractivity contribution in [1.82, 2.24) is 15.0 Å². The summed E-state index contributed by atoms with van der Waals surface area (Å²) in [5.74, 6) is 1.05. The summed E-state index contributed by atoms with van der Waals surface area (Å²) in [5, 5.41) is 3.03. The molecule has 4 nitrogen and oxygen atoms in total. The predicted molar refractivity (Wildman–Crippen MR) is 52.2 cm³/mol. The molecule has 1 N–H and O–H groups in total. The van der Waals surface area contributed by atoms with Crippen LogP contribution in [-0.4, -0.2) is 27.2 Å². The van der Waals surface area contributed by atoms with Gasteiger partial charge < -0.3 is 5.32 Å². The molecule has 0 atom stereocenters. The summed E-state index contributed by atoms with van der Waals surface area (Å²) in [6.07, 6.45) is 0. The van der Waals surface area contributed by atoms with Crippen molar-refractivity contribution in [2.24, 2.45) is 0 Å². The number of hydrogen-bond donors (Lipinski definition) is 2. The van der Waals surface area contributed by atoms with Crippen LogP contribution >= 0.6 is 35.8 Å². The Kier molecular flexibility index (Phi) is 3.84. The molecule has 0 spiro atoms. The molecule has 0 aliphatic heterocycles. The van der Waals surface area contributed by atoms with Crippen molar-refractivity contribution >= 4 is 41.8 Å². The van der Waals surface area contributed by atoms with E-state index in [1.165, 1.54) is 0 Å². The van der Waals surface area contributed by atoms with Crippen LogP contribution in [0.25, 0.3) is 0 Å². The highest BCUT2D eigenvalue weighted by molar-refractivity contribution is 7.80. The number of aromatic nitrogens is 3. The van der Waals surface area contributed by atoms with Crippen molar-refractivity contribution < 1.29 is 0 Å². The highest BCUT2D eigenvalue weighted by Crippen LogP contribution is 2.08. The lowest BCUT2D eigenvalue weighted by molar-refractivity contribution is 1.02. The SMILES string of the molecule is SCCNc1nc(Cl)nc(Cl)n1. The van der Waals surface area contributed by atoms with Crippen molar-refractivity contribution in [1.29, 1.82) is 0 Å². The first-order valence-electron chi connectivity index (χ1n) is 3.14. The lowest BCUT2D eigenvalue weighted by Crippen LogP contribution is -2.07. The Morgan fingerprint density at radius 3 is 2.25 bits per heavy atom. The topological polar surface area (TPSA) is 50.7 Å². The fourth-order valence-corrected chi connectivity index (χ4v) is 1.05. The minimum Gasteiger partial charge on any atom is -0.353 e. The zero-order valence-electron chi connectivity index (χ0n) is 5.96. The van der Waals surface area contributed by atoms with Gasteiger partial charge in [-0.3, -0.25) is 0 Å². The maximum atomic E-state index is 5.52. The number of hydrogen-bond acceptors (Lipinski definition) is 5. The van der Waals surface area contributed by atoms with Gasteiger partial charge in [0.05, 0.1) is 0 Å². The Bertz CT molecular complexity index is 249. The molecule has 0 unspecified atom stereocenters. The van der Waals surface area contributed by atoms with Gasteiger partial charge in [0, 0.05) is 12.3 Å². The third kappa shape index (κ3) is 3.00. The molecule has 0 aliphatic rings. The third-order valence-corrected chi connectivity index (χ3v) is 1.54. The number of rotatable bonds is 3. The van der Waals surface area contributed by atoms with Crippen LogP contribution < -0.4 is 5.32 Å². The van der Waals surface area contributed by atoms with E-state index in [0.29, 0.717) is 18.2 Å². The molecule has 0 amide bonds. The molecule has 0 bridgehead atoms. The first-order valence-corrected chi connectivity index (χ1v) is 4.53. The van der Waals surface area contributed by atoms with Crippen molar-refractivity contribution in [3.63, 3.8) is 0 Å². The van der Waals surface area contributed by atoms with Crippen molar-refractivity contribution in [3.8, 4) is 0 Å². The Morgan fingerprint density at radius 1 is 1.17 bits per heavy atom. The minimum absolute atomic E-state index is 0.0802. The molecular formula is C5H6Cl2N4S. The van der Waals surface area contributed by atoms with E-state index in [-0.39, 0.29) is 10.6 Å². The van der Waals surface area contributed by atoms with Crippen LogP contribution in [0.15, 0.2) is 0 Å². The van der Waals surface area contributed by atoms with Crippen LogP contribution in [0.3, 0.4) is 0 Å². The second-order valence-electron chi connectivity index (χ2n) is 1.85. The number of halogens is 2. The van der Waals surface area contributed by atoms with Gasteiger partial charge in [-0.15, -0.1) is 0 Å². The number of anilines is 1. The van der Waals surface area contributed by atoms with Gasteiger partial charge in [0.25, 0.3) is 0 Å². The van der Waals surface area contributed by atoms with E-state index in [4.69, 9.17) is 23.2 Å². The zero-order valence-corrected chi connectivity index (χ0v) is 8.37. The highest BCUT2D eigenvalue weighted by atomic mass is 35.5. The van der Waals surface area contributed by atoms with E-state index in [1.54, 1.807) is 0 Å². The Balaban J connectivity index is 2.72. The summed E-state index contributed by atoms with van der Waals surface area (Å²) in [6.45, 7) is 0.653. The van der Waals surface area contributed by atoms with E-state index in [0.717, 1.165) is 0 Å². The van der Waals surface area contributed by atoms with Crippen molar-refractivity contribution in [2.75, 3.05) is 17.6 Å². The standard InChI is InChI=1S/C5H6Cl2N4S/c6-3-9-4(7)11-5(10-3)8-1-2-12/h12H,1-2H2,(H,8,9,10,11). The molecule has 1 heterocycles. The van der Waals surface area contributed by atoms with E-state index < -0.39 is 0 Å². The minimum atomic E-state index is 0.0802. The monoisotopic (exact) mass is 224 g/mol. The summed E-state index contributed by atoms with van der Waals surface area (Å²) in [6, 6.07) is 0. The van der Waals surface area contributed by atoms with Crippen LogP contribution in [-0.2, 0) is 0 Å². The van der Waals surface area contributed by atoms with Crippen LogP contribution in [0.1, 0.15) is 0 Å². The van der Waals surface area contributed by atoms with E-state index in [1.807, 2.05) is 0 Å². The molecule has 7 heteroatoms. The molecule has 66 valence electrons. The number of nitrogens with zero attached hydrogens (tertiary/aromatic N) is 3. The second kappa shape index (κ2) is 4.69. The summed E-state index contributed by atoms with van der Waals surface area (Å²) in [7, 11) is 0. The largest absolute Gasteiger partial charge is 0.353 e. The molecule has 0 radical (unpaired) electrons. The maximum Gasteiger partial charge on any atom is 0.228 e. The second-order valence-corrected chi connectivity index (χ2v) is 2.97. The Hall–Kier alpha value is -0.260. The molecule has 1 rings (SSSR count). The van der Waals surface area contributed by atoms with Gasteiger partial charge in [-0.25, -0.2) is 0 Å². The van der Waals surface area contributed by atoms with Gasteiger partial charge in [-0.1, -0.05) is 0 Å².